The van der Waals surface area contributed by atoms with Crippen molar-refractivity contribution in [2.45, 2.75) is 37.8 Å². The van der Waals surface area contributed by atoms with Gasteiger partial charge in [-0.05, 0) is 44.4 Å². The fourth-order valence-corrected chi connectivity index (χ4v) is 3.60. The van der Waals surface area contributed by atoms with Crippen LogP contribution in [0.4, 0.5) is 5.82 Å². The van der Waals surface area contributed by atoms with Crippen molar-refractivity contribution < 1.29 is 5.11 Å². The van der Waals surface area contributed by atoms with Gasteiger partial charge in [0.1, 0.15) is 11.9 Å². The molecule has 1 aromatic heterocycles. The Balaban J connectivity index is 1.58. The van der Waals surface area contributed by atoms with Gasteiger partial charge in [0, 0.05) is 31.4 Å². The Bertz CT molecular complexity index is 502. The summed E-state index contributed by atoms with van der Waals surface area (Å²) in [6.45, 7) is 3.42. The summed E-state index contributed by atoms with van der Waals surface area (Å²) in [5.41, 5.74) is 0.608. The number of nitrogens with zero attached hydrogens (tertiary/aromatic N) is 4. The summed E-state index contributed by atoms with van der Waals surface area (Å²) in [6, 6.07) is 6.83. The predicted octanol–water partition coefficient (Wildman–Crippen LogP) is 1.38. The van der Waals surface area contributed by atoms with Crippen molar-refractivity contribution in [3.05, 3.63) is 23.9 Å². The number of aliphatic hydroxyl groups is 1. The molecule has 112 valence electrons. The number of pyridine rings is 1. The summed E-state index contributed by atoms with van der Waals surface area (Å²) < 4.78 is 0. The minimum absolute atomic E-state index is 0.289. The smallest absolute Gasteiger partial charge is 0.128 e. The number of likely N-dealkylation sites (tertiary alicyclic amines) is 1. The third kappa shape index (κ3) is 3.02. The van der Waals surface area contributed by atoms with Gasteiger partial charge in [0.25, 0.3) is 0 Å². The quantitative estimate of drug-likeness (QED) is 0.909. The van der Waals surface area contributed by atoms with Crippen molar-refractivity contribution in [3.8, 4) is 6.07 Å². The molecule has 2 fully saturated rings. The molecule has 2 aliphatic heterocycles. The number of hydrogen-bond donors (Lipinski definition) is 1. The molecule has 21 heavy (non-hydrogen) atoms. The summed E-state index contributed by atoms with van der Waals surface area (Å²) in [5, 5.41) is 18.3. The molecule has 0 radical (unpaired) electrons. The molecular formula is C16H22N4O. The van der Waals surface area contributed by atoms with Crippen molar-refractivity contribution >= 4 is 5.82 Å². The van der Waals surface area contributed by atoms with Gasteiger partial charge in [-0.3, -0.25) is 4.90 Å². The van der Waals surface area contributed by atoms with E-state index in [9.17, 15) is 5.11 Å². The average Bonchev–Trinajstić information content (AvgIpc) is 3.04. The first-order valence-corrected chi connectivity index (χ1v) is 7.79. The molecule has 0 aromatic carbocycles. The molecule has 1 atom stereocenters. The summed E-state index contributed by atoms with van der Waals surface area (Å²) in [7, 11) is 0. The molecule has 5 nitrogen and oxygen atoms in total. The SMILES string of the molecule is N#Cc1ccc(N2CCC(N3CCCC3CO)CC2)nc1. The molecule has 3 rings (SSSR count). The number of rotatable bonds is 3. The van der Waals surface area contributed by atoms with Crippen LogP contribution >= 0.6 is 0 Å². The highest BCUT2D eigenvalue weighted by atomic mass is 16.3. The van der Waals surface area contributed by atoms with E-state index in [1.54, 1.807) is 6.20 Å². The Hall–Kier alpha value is -1.64. The highest BCUT2D eigenvalue weighted by molar-refractivity contribution is 5.42. The second-order valence-corrected chi connectivity index (χ2v) is 5.95. The maximum absolute atomic E-state index is 9.46. The predicted molar refractivity (Wildman–Crippen MR) is 81.0 cm³/mol. The first kappa shape index (κ1) is 14.3. The van der Waals surface area contributed by atoms with Crippen LogP contribution in [0.15, 0.2) is 18.3 Å². The minimum atomic E-state index is 0.289. The molecule has 0 amide bonds. The Morgan fingerprint density at radius 1 is 1.24 bits per heavy atom. The van der Waals surface area contributed by atoms with Gasteiger partial charge in [-0.1, -0.05) is 0 Å². The maximum Gasteiger partial charge on any atom is 0.128 e. The number of aliphatic hydroxyl groups excluding tert-OH is 1. The Kier molecular flexibility index (Phi) is 4.37. The Morgan fingerprint density at radius 2 is 2.05 bits per heavy atom. The van der Waals surface area contributed by atoms with Crippen molar-refractivity contribution in [3.63, 3.8) is 0 Å². The van der Waals surface area contributed by atoms with E-state index < -0.39 is 0 Å². The summed E-state index contributed by atoms with van der Waals surface area (Å²) >= 11 is 0. The van der Waals surface area contributed by atoms with E-state index in [1.165, 1.54) is 6.42 Å². The lowest BCUT2D eigenvalue weighted by Crippen LogP contribution is -2.47. The molecule has 1 aromatic rings. The van der Waals surface area contributed by atoms with E-state index >= 15 is 0 Å². The first-order chi connectivity index (χ1) is 10.3. The van der Waals surface area contributed by atoms with Crippen molar-refractivity contribution in [2.75, 3.05) is 31.1 Å². The van der Waals surface area contributed by atoms with Crippen LogP contribution in [-0.4, -0.2) is 53.3 Å². The van der Waals surface area contributed by atoms with Crippen LogP contribution in [-0.2, 0) is 0 Å². The Labute approximate surface area is 125 Å². The van der Waals surface area contributed by atoms with Gasteiger partial charge in [0.2, 0.25) is 0 Å². The molecule has 3 heterocycles. The van der Waals surface area contributed by atoms with E-state index in [2.05, 4.69) is 20.9 Å². The third-order valence-corrected chi connectivity index (χ3v) is 4.77. The fraction of sp³-hybridized carbons (Fsp3) is 0.625. The largest absolute Gasteiger partial charge is 0.395 e. The van der Waals surface area contributed by atoms with Gasteiger partial charge in [0.05, 0.1) is 12.2 Å². The number of aromatic nitrogens is 1. The van der Waals surface area contributed by atoms with E-state index in [-0.39, 0.29) is 6.61 Å². The lowest BCUT2D eigenvalue weighted by atomic mass is 10.0. The number of anilines is 1. The lowest BCUT2D eigenvalue weighted by Gasteiger charge is -2.39. The fourth-order valence-electron chi connectivity index (χ4n) is 3.60. The van der Waals surface area contributed by atoms with Crippen LogP contribution in [0.5, 0.6) is 0 Å². The highest BCUT2D eigenvalue weighted by Gasteiger charge is 2.32. The van der Waals surface area contributed by atoms with Gasteiger partial charge in [-0.2, -0.15) is 5.26 Å². The van der Waals surface area contributed by atoms with Gasteiger partial charge in [-0.15, -0.1) is 0 Å². The third-order valence-electron chi connectivity index (χ3n) is 4.77. The first-order valence-electron chi connectivity index (χ1n) is 7.79. The van der Waals surface area contributed by atoms with Crippen LogP contribution < -0.4 is 4.90 Å². The van der Waals surface area contributed by atoms with Crippen molar-refractivity contribution in [1.29, 1.82) is 5.26 Å². The molecule has 0 aliphatic carbocycles. The molecule has 0 saturated carbocycles. The number of piperidine rings is 1. The molecule has 2 aliphatic rings. The average molecular weight is 286 g/mol. The summed E-state index contributed by atoms with van der Waals surface area (Å²) in [6.07, 6.45) is 6.23. The van der Waals surface area contributed by atoms with Gasteiger partial charge in [0.15, 0.2) is 0 Å². The molecule has 2 saturated heterocycles. The number of nitriles is 1. The summed E-state index contributed by atoms with van der Waals surface area (Å²) in [5.74, 6) is 0.965. The second-order valence-electron chi connectivity index (χ2n) is 5.95. The molecule has 0 spiro atoms. The zero-order chi connectivity index (χ0) is 14.7. The summed E-state index contributed by atoms with van der Waals surface area (Å²) in [4.78, 5) is 9.17. The molecule has 1 N–H and O–H groups in total. The molecule has 0 bridgehead atoms. The van der Waals surface area contributed by atoms with E-state index in [0.717, 1.165) is 44.7 Å². The Morgan fingerprint density at radius 3 is 2.67 bits per heavy atom. The van der Waals surface area contributed by atoms with E-state index in [0.29, 0.717) is 17.6 Å². The zero-order valence-corrected chi connectivity index (χ0v) is 12.3. The van der Waals surface area contributed by atoms with Gasteiger partial charge < -0.3 is 10.0 Å². The van der Waals surface area contributed by atoms with Crippen LogP contribution in [0.1, 0.15) is 31.2 Å². The molecule has 5 heteroatoms. The van der Waals surface area contributed by atoms with Crippen LogP contribution in [0.3, 0.4) is 0 Å². The molecule has 1 unspecified atom stereocenters. The highest BCUT2D eigenvalue weighted by Crippen LogP contribution is 2.27. The van der Waals surface area contributed by atoms with Crippen LogP contribution in [0.2, 0.25) is 0 Å². The van der Waals surface area contributed by atoms with E-state index in [1.807, 2.05) is 12.1 Å². The van der Waals surface area contributed by atoms with Gasteiger partial charge in [-0.25, -0.2) is 4.98 Å². The number of hydrogen-bond acceptors (Lipinski definition) is 5. The van der Waals surface area contributed by atoms with Crippen molar-refractivity contribution in [2.24, 2.45) is 0 Å². The molecular weight excluding hydrogens is 264 g/mol. The lowest BCUT2D eigenvalue weighted by molar-refractivity contribution is 0.105. The van der Waals surface area contributed by atoms with E-state index in [4.69, 9.17) is 5.26 Å². The maximum atomic E-state index is 9.46. The van der Waals surface area contributed by atoms with Crippen LogP contribution in [0.25, 0.3) is 0 Å². The normalized spacial score (nSPS) is 24.2. The standard InChI is InChI=1S/C16H22N4O/c17-10-13-3-4-16(18-11-13)19-8-5-14(6-9-19)20-7-1-2-15(20)12-21/h3-4,11,14-15,21H,1-2,5-9,12H2. The van der Waals surface area contributed by atoms with Gasteiger partial charge >= 0.3 is 0 Å². The topological polar surface area (TPSA) is 63.4 Å². The monoisotopic (exact) mass is 286 g/mol. The second kappa shape index (κ2) is 6.42. The van der Waals surface area contributed by atoms with Crippen LogP contribution in [0, 0.1) is 11.3 Å². The van der Waals surface area contributed by atoms with Crippen molar-refractivity contribution in [1.82, 2.24) is 9.88 Å². The minimum Gasteiger partial charge on any atom is -0.395 e. The zero-order valence-electron chi connectivity index (χ0n) is 12.3.